The van der Waals surface area contributed by atoms with E-state index in [1.54, 1.807) is 12.1 Å². The lowest BCUT2D eigenvalue weighted by Gasteiger charge is -2.22. The number of azo groups is 1. The van der Waals surface area contributed by atoms with Crippen LogP contribution in [0.25, 0.3) is 0 Å². The summed E-state index contributed by atoms with van der Waals surface area (Å²) in [7, 11) is 3.76. The molecule has 0 aromatic heterocycles. The van der Waals surface area contributed by atoms with Crippen LogP contribution >= 0.6 is 0 Å². The Bertz CT molecular complexity index is 1220. The van der Waals surface area contributed by atoms with Crippen LogP contribution in [-0.2, 0) is 6.42 Å². The molecule has 1 aliphatic rings. The molecular formula is C24H17F6N5. The summed E-state index contributed by atoms with van der Waals surface area (Å²) in [5, 5.41) is 26.3. The van der Waals surface area contributed by atoms with Crippen LogP contribution in [0.5, 0.6) is 0 Å². The first-order valence-electron chi connectivity index (χ1n) is 10.1. The van der Waals surface area contributed by atoms with Crippen molar-refractivity contribution < 1.29 is 26.3 Å². The molecule has 35 heavy (non-hydrogen) atoms. The predicted molar refractivity (Wildman–Crippen MR) is 116 cm³/mol. The van der Waals surface area contributed by atoms with Crippen molar-refractivity contribution in [2.75, 3.05) is 19.0 Å². The van der Waals surface area contributed by atoms with Crippen molar-refractivity contribution >= 4 is 17.1 Å². The molecule has 0 spiro atoms. The second-order valence-electron chi connectivity index (χ2n) is 7.83. The van der Waals surface area contributed by atoms with Gasteiger partial charge in [0, 0.05) is 25.7 Å². The molecule has 0 radical (unpaired) electrons. The summed E-state index contributed by atoms with van der Waals surface area (Å²) in [6, 6.07) is 14.9. The third-order valence-electron chi connectivity index (χ3n) is 5.34. The van der Waals surface area contributed by atoms with Gasteiger partial charge in [-0.3, -0.25) is 0 Å². The van der Waals surface area contributed by atoms with E-state index in [9.17, 15) is 26.3 Å². The van der Waals surface area contributed by atoms with Gasteiger partial charge < -0.3 is 4.90 Å². The number of allylic oxidation sites excluding steroid dienone is 4. The van der Waals surface area contributed by atoms with E-state index in [1.807, 2.05) is 31.1 Å². The van der Waals surface area contributed by atoms with E-state index in [0.29, 0.717) is 11.4 Å². The molecule has 2 aromatic rings. The number of rotatable bonds is 5. The zero-order chi connectivity index (χ0) is 26.0. The van der Waals surface area contributed by atoms with Gasteiger partial charge in [-0.1, -0.05) is 12.1 Å². The fourth-order valence-corrected chi connectivity index (χ4v) is 3.74. The van der Waals surface area contributed by atoms with Gasteiger partial charge in [-0.05, 0) is 48.4 Å². The molecule has 1 aliphatic carbocycles. The zero-order valence-electron chi connectivity index (χ0n) is 18.4. The molecule has 2 aromatic carbocycles. The van der Waals surface area contributed by atoms with E-state index >= 15 is 0 Å². The van der Waals surface area contributed by atoms with E-state index in [-0.39, 0.29) is 5.56 Å². The van der Waals surface area contributed by atoms with Crippen LogP contribution in [-0.4, -0.2) is 26.4 Å². The van der Waals surface area contributed by atoms with Gasteiger partial charge in [-0.2, -0.15) is 47.1 Å². The van der Waals surface area contributed by atoms with Gasteiger partial charge in [-0.15, -0.1) is 0 Å². The summed E-state index contributed by atoms with van der Waals surface area (Å²) in [6.45, 7) is 0. The minimum absolute atomic E-state index is 0.143. The standard InChI is InChI=1S/C24H17F6N5/c1-35(2)17-9-7-16(8-10-17)34-33-15-5-3-14(4-6-15)11-18-21(23(25,26)27)19(12-31)20(13-32)22(18)24(28,29)30/h3-10,18H,11H2,1-2H3/b34-33+. The maximum Gasteiger partial charge on any atom is 0.414 e. The highest BCUT2D eigenvalue weighted by molar-refractivity contribution is 5.65. The normalized spacial score (nSPS) is 15.0. The summed E-state index contributed by atoms with van der Waals surface area (Å²) in [4.78, 5) is 1.90. The highest BCUT2D eigenvalue weighted by Crippen LogP contribution is 2.51. The Kier molecular flexibility index (Phi) is 7.01. The Labute approximate surface area is 196 Å². The number of anilines is 1. The van der Waals surface area contributed by atoms with Crippen molar-refractivity contribution in [1.82, 2.24) is 0 Å². The Morgan fingerprint density at radius 3 is 1.49 bits per heavy atom. The summed E-state index contributed by atoms with van der Waals surface area (Å²) in [5.74, 6) is -2.23. The highest BCUT2D eigenvalue weighted by atomic mass is 19.4. The van der Waals surface area contributed by atoms with E-state index in [0.717, 1.165) is 17.8 Å². The smallest absolute Gasteiger partial charge is 0.378 e. The Morgan fingerprint density at radius 2 is 1.14 bits per heavy atom. The van der Waals surface area contributed by atoms with Crippen molar-refractivity contribution in [3.05, 3.63) is 76.4 Å². The fraction of sp³-hybridized carbons (Fsp3) is 0.250. The first kappa shape index (κ1) is 25.5. The van der Waals surface area contributed by atoms with Crippen LogP contribution in [0.2, 0.25) is 0 Å². The van der Waals surface area contributed by atoms with Gasteiger partial charge >= 0.3 is 12.4 Å². The average molecular weight is 489 g/mol. The molecule has 5 nitrogen and oxygen atoms in total. The molecule has 0 saturated heterocycles. The monoisotopic (exact) mass is 489 g/mol. The third-order valence-corrected chi connectivity index (χ3v) is 5.34. The van der Waals surface area contributed by atoms with Gasteiger partial charge in [0.2, 0.25) is 0 Å². The Morgan fingerprint density at radius 1 is 0.743 bits per heavy atom. The molecule has 180 valence electrons. The quantitative estimate of drug-likeness (QED) is 0.332. The lowest BCUT2D eigenvalue weighted by molar-refractivity contribution is -0.111. The van der Waals surface area contributed by atoms with Gasteiger partial charge in [0.15, 0.2) is 0 Å². The Hall–Kier alpha value is -4.12. The third kappa shape index (κ3) is 5.52. The number of nitriles is 2. The van der Waals surface area contributed by atoms with Crippen LogP contribution in [0.15, 0.2) is 81.1 Å². The SMILES string of the molecule is CN(C)c1ccc(/N=N/c2ccc(CC3C(C(F)(F)F)=C(C#N)C(C#N)=C3C(F)(F)F)cc2)cc1. The van der Waals surface area contributed by atoms with Gasteiger partial charge in [0.05, 0.1) is 33.7 Å². The minimum Gasteiger partial charge on any atom is -0.378 e. The molecule has 0 fully saturated rings. The second-order valence-corrected chi connectivity index (χ2v) is 7.83. The van der Waals surface area contributed by atoms with Gasteiger partial charge in [-0.25, -0.2) is 0 Å². The second kappa shape index (κ2) is 9.63. The largest absolute Gasteiger partial charge is 0.414 e. The average Bonchev–Trinajstić information content (AvgIpc) is 3.12. The molecule has 0 aliphatic heterocycles. The summed E-state index contributed by atoms with van der Waals surface area (Å²) in [6.07, 6.45) is -11.1. The topological polar surface area (TPSA) is 75.5 Å². The van der Waals surface area contributed by atoms with E-state index in [1.165, 1.54) is 24.3 Å². The number of nitrogens with zero attached hydrogens (tertiary/aromatic N) is 5. The first-order chi connectivity index (χ1) is 16.4. The van der Waals surface area contributed by atoms with Gasteiger partial charge in [0.1, 0.15) is 12.1 Å². The molecule has 0 amide bonds. The number of alkyl halides is 6. The van der Waals surface area contributed by atoms with Gasteiger partial charge in [0.25, 0.3) is 0 Å². The number of hydrogen-bond donors (Lipinski definition) is 0. The number of benzene rings is 2. The van der Waals surface area contributed by atoms with Crippen LogP contribution < -0.4 is 4.90 Å². The molecule has 0 atom stereocenters. The first-order valence-corrected chi connectivity index (χ1v) is 10.1. The lowest BCUT2D eigenvalue weighted by Crippen LogP contribution is -2.27. The summed E-state index contributed by atoms with van der Waals surface area (Å²) in [5.41, 5.74) is -3.90. The van der Waals surface area contributed by atoms with Crippen molar-refractivity contribution in [2.45, 2.75) is 18.8 Å². The molecule has 0 saturated carbocycles. The van der Waals surface area contributed by atoms with E-state index < -0.39 is 47.0 Å². The maximum absolute atomic E-state index is 13.7. The Balaban J connectivity index is 1.89. The zero-order valence-corrected chi connectivity index (χ0v) is 18.4. The molecule has 0 heterocycles. The van der Waals surface area contributed by atoms with Crippen molar-refractivity contribution in [3.8, 4) is 12.1 Å². The van der Waals surface area contributed by atoms with E-state index in [2.05, 4.69) is 10.2 Å². The van der Waals surface area contributed by atoms with Crippen LogP contribution in [0.3, 0.4) is 0 Å². The van der Waals surface area contributed by atoms with Crippen LogP contribution in [0.4, 0.5) is 43.4 Å². The highest BCUT2D eigenvalue weighted by Gasteiger charge is 2.54. The summed E-state index contributed by atoms with van der Waals surface area (Å²) < 4.78 is 82.0. The molecule has 0 unspecified atom stereocenters. The maximum atomic E-state index is 13.7. The van der Waals surface area contributed by atoms with Crippen LogP contribution in [0.1, 0.15) is 5.56 Å². The van der Waals surface area contributed by atoms with Crippen molar-refractivity contribution in [2.24, 2.45) is 16.1 Å². The van der Waals surface area contributed by atoms with Crippen molar-refractivity contribution in [3.63, 3.8) is 0 Å². The molecule has 11 heteroatoms. The molecular weight excluding hydrogens is 472 g/mol. The number of halogens is 6. The number of hydrogen-bond acceptors (Lipinski definition) is 5. The molecule has 0 N–H and O–H groups in total. The van der Waals surface area contributed by atoms with Crippen LogP contribution in [0, 0.1) is 28.6 Å². The summed E-state index contributed by atoms with van der Waals surface area (Å²) >= 11 is 0. The minimum atomic E-state index is -5.22. The van der Waals surface area contributed by atoms with E-state index in [4.69, 9.17) is 10.5 Å². The molecule has 0 bridgehead atoms. The lowest BCUT2D eigenvalue weighted by atomic mass is 9.87. The fourth-order valence-electron chi connectivity index (χ4n) is 3.74. The van der Waals surface area contributed by atoms with Crippen molar-refractivity contribution in [1.29, 1.82) is 10.5 Å². The molecule has 3 rings (SSSR count). The predicted octanol–water partition coefficient (Wildman–Crippen LogP) is 7.11.